The Morgan fingerprint density at radius 1 is 0.833 bits per heavy atom. The minimum atomic E-state index is -1.23. The first-order chi connectivity index (χ1) is 17.5. The lowest BCUT2D eigenvalue weighted by Gasteiger charge is -2.39. The highest BCUT2D eigenvalue weighted by Gasteiger charge is 2.43. The first kappa shape index (κ1) is 24.0. The van der Waals surface area contributed by atoms with Gasteiger partial charge in [0.25, 0.3) is 0 Å². The molecule has 0 aliphatic carbocycles. The summed E-state index contributed by atoms with van der Waals surface area (Å²) in [4.78, 5) is 6.98. The Morgan fingerprint density at radius 2 is 1.50 bits per heavy atom. The highest BCUT2D eigenvalue weighted by atomic mass is 16.5. The predicted molar refractivity (Wildman–Crippen MR) is 148 cm³/mol. The molecule has 1 unspecified atom stereocenters. The van der Waals surface area contributed by atoms with Crippen molar-refractivity contribution in [3.05, 3.63) is 120 Å². The zero-order valence-corrected chi connectivity index (χ0v) is 21.1. The molecule has 0 saturated carbocycles. The summed E-state index contributed by atoms with van der Waals surface area (Å²) < 4.78 is 5.87. The van der Waals surface area contributed by atoms with Gasteiger partial charge in [-0.2, -0.15) is 0 Å². The van der Waals surface area contributed by atoms with Crippen molar-refractivity contribution in [3.8, 4) is 5.88 Å². The molecule has 5 aromatic rings. The van der Waals surface area contributed by atoms with Crippen molar-refractivity contribution in [1.82, 2.24) is 9.88 Å². The molecule has 5 rings (SSSR count). The van der Waals surface area contributed by atoms with Gasteiger partial charge in [-0.25, -0.2) is 4.98 Å². The highest BCUT2D eigenvalue weighted by Crippen LogP contribution is 2.48. The van der Waals surface area contributed by atoms with Gasteiger partial charge in [0, 0.05) is 23.4 Å². The third-order valence-corrected chi connectivity index (χ3v) is 7.03. The lowest BCUT2D eigenvalue weighted by Crippen LogP contribution is -2.38. The summed E-state index contributed by atoms with van der Waals surface area (Å²) in [5.74, 6) is 0.127. The first-order valence-electron chi connectivity index (χ1n) is 12.4. The van der Waals surface area contributed by atoms with Gasteiger partial charge in [0.15, 0.2) is 0 Å². The lowest BCUT2D eigenvalue weighted by molar-refractivity contribution is 0.00520. The van der Waals surface area contributed by atoms with E-state index in [1.807, 2.05) is 68.7 Å². The number of hydrogen-bond acceptors (Lipinski definition) is 4. The Labute approximate surface area is 212 Å². The topological polar surface area (TPSA) is 45.6 Å². The molecular weight excluding hydrogens is 444 g/mol. The van der Waals surface area contributed by atoms with Crippen LogP contribution >= 0.6 is 0 Å². The number of nitrogens with zero attached hydrogens (tertiary/aromatic N) is 2. The van der Waals surface area contributed by atoms with Crippen molar-refractivity contribution < 1.29 is 9.84 Å². The molecular formula is C32H32N2O2. The van der Waals surface area contributed by atoms with Crippen LogP contribution in [-0.2, 0) is 5.60 Å². The third kappa shape index (κ3) is 4.46. The molecule has 4 aromatic carbocycles. The quantitative estimate of drug-likeness (QED) is 0.283. The molecule has 1 N–H and O–H groups in total. The van der Waals surface area contributed by atoms with Gasteiger partial charge >= 0.3 is 0 Å². The number of pyridine rings is 1. The average molecular weight is 477 g/mol. The Kier molecular flexibility index (Phi) is 6.73. The van der Waals surface area contributed by atoms with E-state index in [0.29, 0.717) is 18.8 Å². The van der Waals surface area contributed by atoms with Crippen molar-refractivity contribution in [3.63, 3.8) is 0 Å². The summed E-state index contributed by atoms with van der Waals surface area (Å²) in [7, 11) is 5.73. The maximum absolute atomic E-state index is 13.0. The van der Waals surface area contributed by atoms with Gasteiger partial charge in [-0.3, -0.25) is 0 Å². The van der Waals surface area contributed by atoms with E-state index in [4.69, 9.17) is 9.72 Å². The molecule has 0 amide bonds. The van der Waals surface area contributed by atoms with E-state index in [9.17, 15) is 5.11 Å². The lowest BCUT2D eigenvalue weighted by atomic mass is 9.70. The molecule has 0 spiro atoms. The number of fused-ring (bicyclic) bond motifs is 2. The summed E-state index contributed by atoms with van der Waals surface area (Å²) >= 11 is 0. The molecule has 1 aromatic heterocycles. The smallest absolute Gasteiger partial charge is 0.217 e. The van der Waals surface area contributed by atoms with Crippen LogP contribution in [-0.4, -0.2) is 42.7 Å². The van der Waals surface area contributed by atoms with Crippen molar-refractivity contribution >= 4 is 21.7 Å². The van der Waals surface area contributed by atoms with Crippen LogP contribution < -0.4 is 4.74 Å². The van der Waals surface area contributed by atoms with Crippen LogP contribution in [0.5, 0.6) is 5.88 Å². The summed E-state index contributed by atoms with van der Waals surface area (Å²) in [6.45, 7) is 0.715. The van der Waals surface area contributed by atoms with Crippen molar-refractivity contribution in [1.29, 1.82) is 0 Å². The van der Waals surface area contributed by atoms with Crippen LogP contribution in [0.4, 0.5) is 0 Å². The fraction of sp³-hybridized carbons (Fsp3) is 0.219. The van der Waals surface area contributed by atoms with Gasteiger partial charge in [-0.1, -0.05) is 91.0 Å². The molecule has 0 saturated heterocycles. The fourth-order valence-electron chi connectivity index (χ4n) is 5.27. The van der Waals surface area contributed by atoms with Gasteiger partial charge in [0.05, 0.1) is 12.6 Å². The number of methoxy groups -OCH3 is 1. The van der Waals surface area contributed by atoms with Crippen LogP contribution in [0.25, 0.3) is 21.7 Å². The third-order valence-electron chi connectivity index (χ3n) is 7.03. The number of ether oxygens (including phenoxy) is 1. The SMILES string of the molecule is COc1nc2ccccc2cc1[C@@H](c1ccccc1)C(O)(CCN(C)C)c1cccc2ccccc12. The van der Waals surface area contributed by atoms with E-state index in [1.54, 1.807) is 7.11 Å². The minimum absolute atomic E-state index is 0.406. The average Bonchev–Trinajstić information content (AvgIpc) is 2.92. The number of aromatic nitrogens is 1. The Balaban J connectivity index is 1.83. The molecule has 0 fully saturated rings. The predicted octanol–water partition coefficient (Wildman–Crippen LogP) is 6.37. The molecule has 2 atom stereocenters. The van der Waals surface area contributed by atoms with Gasteiger partial charge in [-0.15, -0.1) is 0 Å². The molecule has 0 aliphatic heterocycles. The van der Waals surface area contributed by atoms with Crippen LogP contribution in [0, 0.1) is 0 Å². The normalized spacial score (nSPS) is 14.1. The van der Waals surface area contributed by atoms with E-state index in [-0.39, 0.29) is 0 Å². The number of hydrogen-bond donors (Lipinski definition) is 1. The van der Waals surface area contributed by atoms with Gasteiger partial charge in [0.2, 0.25) is 5.88 Å². The van der Waals surface area contributed by atoms with Gasteiger partial charge in [0.1, 0.15) is 5.60 Å². The maximum atomic E-state index is 13.0. The summed E-state index contributed by atoms with van der Waals surface area (Å²) in [5, 5.41) is 16.2. The zero-order valence-electron chi connectivity index (χ0n) is 21.1. The molecule has 0 radical (unpaired) electrons. The molecule has 0 bridgehead atoms. The monoisotopic (exact) mass is 476 g/mol. The van der Waals surface area contributed by atoms with Crippen molar-refractivity contribution in [2.75, 3.05) is 27.7 Å². The molecule has 182 valence electrons. The number of aliphatic hydroxyl groups is 1. The van der Waals surface area contributed by atoms with E-state index < -0.39 is 11.5 Å². The van der Waals surface area contributed by atoms with E-state index in [2.05, 4.69) is 53.4 Å². The molecule has 4 nitrogen and oxygen atoms in total. The Hall–Kier alpha value is -3.73. The summed E-state index contributed by atoms with van der Waals surface area (Å²) in [6, 6.07) is 34.9. The zero-order chi connectivity index (χ0) is 25.1. The van der Waals surface area contributed by atoms with Gasteiger partial charge < -0.3 is 14.7 Å². The molecule has 0 aliphatic rings. The van der Waals surface area contributed by atoms with E-state index in [0.717, 1.165) is 38.4 Å². The summed E-state index contributed by atoms with van der Waals surface area (Å²) in [5.41, 5.74) is 2.43. The molecule has 36 heavy (non-hydrogen) atoms. The fourth-order valence-corrected chi connectivity index (χ4v) is 5.27. The highest BCUT2D eigenvalue weighted by molar-refractivity contribution is 5.87. The number of benzene rings is 4. The minimum Gasteiger partial charge on any atom is -0.481 e. The van der Waals surface area contributed by atoms with Crippen molar-refractivity contribution in [2.24, 2.45) is 0 Å². The second kappa shape index (κ2) is 10.1. The number of rotatable bonds is 8. The van der Waals surface area contributed by atoms with Crippen LogP contribution in [0.2, 0.25) is 0 Å². The Bertz CT molecular complexity index is 1480. The first-order valence-corrected chi connectivity index (χ1v) is 12.4. The largest absolute Gasteiger partial charge is 0.481 e. The van der Waals surface area contributed by atoms with Crippen LogP contribution in [0.15, 0.2) is 103 Å². The number of para-hydroxylation sites is 1. The maximum Gasteiger partial charge on any atom is 0.217 e. The Morgan fingerprint density at radius 3 is 2.25 bits per heavy atom. The van der Waals surface area contributed by atoms with Crippen LogP contribution in [0.3, 0.4) is 0 Å². The van der Waals surface area contributed by atoms with Crippen molar-refractivity contribution in [2.45, 2.75) is 17.9 Å². The van der Waals surface area contributed by atoms with Gasteiger partial charge in [-0.05, 0) is 54.5 Å². The van der Waals surface area contributed by atoms with Crippen LogP contribution in [0.1, 0.15) is 29.0 Å². The second-order valence-corrected chi connectivity index (χ2v) is 9.63. The summed E-state index contributed by atoms with van der Waals surface area (Å²) in [6.07, 6.45) is 0.531. The molecule has 1 heterocycles. The second-order valence-electron chi connectivity index (χ2n) is 9.63. The van der Waals surface area contributed by atoms with E-state index >= 15 is 0 Å². The molecule has 4 heteroatoms. The van der Waals surface area contributed by atoms with E-state index in [1.165, 1.54) is 0 Å². The standard InChI is InChI=1S/C32H32N2O2/c1-34(2)21-20-32(35,28-18-11-16-23-12-7-9-17-26(23)28)30(24-13-5-4-6-14-24)27-22-25-15-8-10-19-29(25)33-31(27)36-3/h4-19,22,30,35H,20-21H2,1-3H3/t30-,32?/m1/s1.